The van der Waals surface area contributed by atoms with Crippen molar-refractivity contribution in [3.63, 3.8) is 0 Å². The molecule has 0 radical (unpaired) electrons. The first-order valence-corrected chi connectivity index (χ1v) is 16.9. The summed E-state index contributed by atoms with van der Waals surface area (Å²) in [4.78, 5) is 29.9. The van der Waals surface area contributed by atoms with Crippen LogP contribution in [-0.4, -0.2) is 44.3 Å². The average molecular weight is 646 g/mol. The minimum absolute atomic E-state index is 0.0399. The molecule has 0 heterocycles. The summed E-state index contributed by atoms with van der Waals surface area (Å²) < 4.78 is 29.3. The number of nitrogens with zero attached hydrogens (tertiary/aromatic N) is 2. The maximum Gasteiger partial charge on any atom is 0.264 e. The number of amides is 2. The van der Waals surface area contributed by atoms with E-state index in [1.165, 1.54) is 17.0 Å². The van der Waals surface area contributed by atoms with E-state index in [9.17, 15) is 18.0 Å². The lowest BCUT2D eigenvalue weighted by molar-refractivity contribution is -0.140. The molecule has 7 nitrogen and oxygen atoms in total. The number of unbranched alkanes of at least 4 members (excludes halogenated alkanes) is 1. The lowest BCUT2D eigenvalue weighted by Gasteiger charge is -2.34. The van der Waals surface area contributed by atoms with Crippen molar-refractivity contribution < 1.29 is 18.0 Å². The number of carbonyl (C=O) groups is 2. The van der Waals surface area contributed by atoms with Crippen LogP contribution in [-0.2, 0) is 32.6 Å². The van der Waals surface area contributed by atoms with E-state index in [1.807, 2.05) is 75.4 Å². The normalized spacial score (nSPS) is 11.9. The third-order valence-electron chi connectivity index (χ3n) is 7.76. The smallest absolute Gasteiger partial charge is 0.264 e. The molecule has 0 aliphatic heterocycles. The Balaban J connectivity index is 1.81. The summed E-state index contributed by atoms with van der Waals surface area (Å²) in [5.74, 6) is -0.800. The van der Waals surface area contributed by atoms with E-state index in [0.29, 0.717) is 11.6 Å². The van der Waals surface area contributed by atoms with Gasteiger partial charge >= 0.3 is 0 Å². The van der Waals surface area contributed by atoms with E-state index >= 15 is 0 Å². The Hall–Kier alpha value is -4.14. The largest absolute Gasteiger partial charge is 0.354 e. The van der Waals surface area contributed by atoms with Gasteiger partial charge in [-0.15, -0.1) is 0 Å². The zero-order valence-electron chi connectivity index (χ0n) is 25.9. The molecular formula is C36H40ClN3O4S. The molecule has 0 bridgehead atoms. The standard InChI is InChI=1S/C36H40ClN3O4S/c1-4-5-22-38-36(42)34(23-29-15-8-6-9-16-29)39(25-30-17-13-12-14-27(30)2)35(41)26-40(31-21-20-28(3)33(37)24-31)45(43,44)32-18-10-7-11-19-32/h6-21,24,34H,4-5,22-23,25-26H2,1-3H3,(H,38,42)/t34-/m1/s1. The second kappa shape index (κ2) is 15.7. The molecule has 0 saturated heterocycles. The number of hydrogen-bond acceptors (Lipinski definition) is 4. The van der Waals surface area contributed by atoms with E-state index in [1.54, 1.807) is 36.4 Å². The second-order valence-electron chi connectivity index (χ2n) is 11.1. The van der Waals surface area contributed by atoms with E-state index in [4.69, 9.17) is 11.6 Å². The maximum absolute atomic E-state index is 14.5. The zero-order valence-corrected chi connectivity index (χ0v) is 27.5. The van der Waals surface area contributed by atoms with Gasteiger partial charge in [-0.25, -0.2) is 8.42 Å². The van der Waals surface area contributed by atoms with Crippen LogP contribution >= 0.6 is 11.6 Å². The average Bonchev–Trinajstić information content (AvgIpc) is 3.04. The second-order valence-corrected chi connectivity index (χ2v) is 13.3. The molecule has 0 aliphatic rings. The van der Waals surface area contributed by atoms with Crippen molar-refractivity contribution in [2.24, 2.45) is 0 Å². The number of halogens is 1. The molecular weight excluding hydrogens is 606 g/mol. The van der Waals surface area contributed by atoms with Crippen LogP contribution in [0.3, 0.4) is 0 Å². The zero-order chi connectivity index (χ0) is 32.4. The molecule has 4 rings (SSSR count). The molecule has 0 aromatic heterocycles. The van der Waals surface area contributed by atoms with Crippen LogP contribution in [0.2, 0.25) is 5.02 Å². The van der Waals surface area contributed by atoms with E-state index in [-0.39, 0.29) is 29.5 Å². The van der Waals surface area contributed by atoms with E-state index in [2.05, 4.69) is 5.32 Å². The number of benzene rings is 4. The van der Waals surface area contributed by atoms with Gasteiger partial charge in [0.15, 0.2) is 0 Å². The van der Waals surface area contributed by atoms with Crippen molar-refractivity contribution >= 4 is 39.1 Å². The minimum atomic E-state index is -4.19. The summed E-state index contributed by atoms with van der Waals surface area (Å²) in [6.07, 6.45) is 1.96. The fraction of sp³-hybridized carbons (Fsp3) is 0.278. The topological polar surface area (TPSA) is 86.8 Å². The van der Waals surface area contributed by atoms with Gasteiger partial charge in [0.05, 0.1) is 10.6 Å². The van der Waals surface area contributed by atoms with Crippen molar-refractivity contribution in [3.05, 3.63) is 130 Å². The lowest BCUT2D eigenvalue weighted by Crippen LogP contribution is -2.53. The fourth-order valence-corrected chi connectivity index (χ4v) is 6.62. The van der Waals surface area contributed by atoms with Gasteiger partial charge < -0.3 is 10.2 Å². The number of carbonyl (C=O) groups excluding carboxylic acids is 2. The van der Waals surface area contributed by atoms with Crippen LogP contribution in [0.15, 0.2) is 108 Å². The summed E-state index contributed by atoms with van der Waals surface area (Å²) >= 11 is 6.45. The Labute approximate surface area is 271 Å². The summed E-state index contributed by atoms with van der Waals surface area (Å²) in [5.41, 5.74) is 3.73. The van der Waals surface area contributed by atoms with Crippen molar-refractivity contribution in [2.75, 3.05) is 17.4 Å². The van der Waals surface area contributed by atoms with Crippen molar-refractivity contribution in [1.82, 2.24) is 10.2 Å². The van der Waals surface area contributed by atoms with Crippen LogP contribution in [0.4, 0.5) is 5.69 Å². The molecule has 1 N–H and O–H groups in total. The van der Waals surface area contributed by atoms with E-state index < -0.39 is 28.5 Å². The third-order valence-corrected chi connectivity index (χ3v) is 9.95. The van der Waals surface area contributed by atoms with Gasteiger partial charge in [0.25, 0.3) is 10.0 Å². The number of nitrogens with one attached hydrogen (secondary N) is 1. The predicted octanol–water partition coefficient (Wildman–Crippen LogP) is 6.71. The highest BCUT2D eigenvalue weighted by molar-refractivity contribution is 7.92. The van der Waals surface area contributed by atoms with Crippen LogP contribution in [0.5, 0.6) is 0 Å². The highest BCUT2D eigenvalue weighted by Gasteiger charge is 2.34. The number of hydrogen-bond donors (Lipinski definition) is 1. The van der Waals surface area contributed by atoms with Crippen LogP contribution in [0.1, 0.15) is 42.0 Å². The minimum Gasteiger partial charge on any atom is -0.354 e. The monoisotopic (exact) mass is 645 g/mol. The Morgan fingerprint density at radius 1 is 0.844 bits per heavy atom. The SMILES string of the molecule is CCCCNC(=O)[C@@H](Cc1ccccc1)N(Cc1ccccc1C)C(=O)CN(c1ccc(C)c(Cl)c1)S(=O)(=O)c1ccccc1. The number of sulfonamides is 1. The van der Waals surface area contributed by atoms with Crippen LogP contribution in [0.25, 0.3) is 0 Å². The summed E-state index contributed by atoms with van der Waals surface area (Å²) in [6.45, 7) is 5.88. The maximum atomic E-state index is 14.5. The number of aryl methyl sites for hydroxylation is 2. The lowest BCUT2D eigenvalue weighted by atomic mass is 10.0. The highest BCUT2D eigenvalue weighted by Crippen LogP contribution is 2.29. The van der Waals surface area contributed by atoms with Gasteiger partial charge in [0.1, 0.15) is 12.6 Å². The number of anilines is 1. The molecule has 0 saturated carbocycles. The van der Waals surface area contributed by atoms with Crippen molar-refractivity contribution in [1.29, 1.82) is 0 Å². The molecule has 1 atom stereocenters. The number of rotatable bonds is 14. The molecule has 0 spiro atoms. The Morgan fingerprint density at radius 3 is 2.13 bits per heavy atom. The Morgan fingerprint density at radius 2 is 1.49 bits per heavy atom. The molecule has 4 aromatic carbocycles. The first-order chi connectivity index (χ1) is 21.6. The third kappa shape index (κ3) is 8.74. The Kier molecular flexibility index (Phi) is 11.8. The van der Waals surface area contributed by atoms with Gasteiger partial charge in [-0.1, -0.05) is 104 Å². The molecule has 9 heteroatoms. The Bertz CT molecular complexity index is 1700. The molecule has 4 aromatic rings. The first-order valence-electron chi connectivity index (χ1n) is 15.1. The summed E-state index contributed by atoms with van der Waals surface area (Å²) in [7, 11) is -4.19. The molecule has 2 amide bonds. The van der Waals surface area contributed by atoms with Crippen LogP contribution in [0, 0.1) is 13.8 Å². The quantitative estimate of drug-likeness (QED) is 0.155. The van der Waals surface area contributed by atoms with Crippen molar-refractivity contribution in [2.45, 2.75) is 57.5 Å². The highest BCUT2D eigenvalue weighted by atomic mass is 35.5. The predicted molar refractivity (Wildman–Crippen MR) is 181 cm³/mol. The van der Waals surface area contributed by atoms with Crippen molar-refractivity contribution in [3.8, 4) is 0 Å². The van der Waals surface area contributed by atoms with Gasteiger partial charge in [0, 0.05) is 24.5 Å². The molecule has 0 fully saturated rings. The summed E-state index contributed by atoms with van der Waals surface area (Å²) in [6, 6.07) is 29.2. The van der Waals surface area contributed by atoms with Gasteiger partial charge in [0.2, 0.25) is 11.8 Å². The van der Waals surface area contributed by atoms with Gasteiger partial charge in [-0.05, 0) is 66.8 Å². The van der Waals surface area contributed by atoms with E-state index in [0.717, 1.165) is 39.4 Å². The van der Waals surface area contributed by atoms with Gasteiger partial charge in [-0.3, -0.25) is 13.9 Å². The fourth-order valence-electron chi connectivity index (χ4n) is 5.02. The van der Waals surface area contributed by atoms with Crippen LogP contribution < -0.4 is 9.62 Å². The van der Waals surface area contributed by atoms with Gasteiger partial charge in [-0.2, -0.15) is 0 Å². The molecule has 0 aliphatic carbocycles. The molecule has 45 heavy (non-hydrogen) atoms. The molecule has 236 valence electrons. The molecule has 0 unspecified atom stereocenters. The first kappa shape index (κ1) is 33.7. The summed E-state index contributed by atoms with van der Waals surface area (Å²) in [5, 5.41) is 3.39.